The average molecular weight is 373 g/mol. The summed E-state index contributed by atoms with van der Waals surface area (Å²) < 4.78 is 14.6. The van der Waals surface area contributed by atoms with Gasteiger partial charge in [0.1, 0.15) is 16.5 Å². The number of aromatic nitrogens is 2. The lowest BCUT2D eigenvalue weighted by Gasteiger charge is -2.08. The van der Waals surface area contributed by atoms with Crippen molar-refractivity contribution in [3.05, 3.63) is 44.7 Å². The summed E-state index contributed by atoms with van der Waals surface area (Å²) in [7, 11) is 0. The molecule has 0 saturated heterocycles. The van der Waals surface area contributed by atoms with Crippen molar-refractivity contribution in [3.63, 3.8) is 0 Å². The predicted octanol–water partition coefficient (Wildman–Crippen LogP) is 5.30. The molecule has 0 aliphatic carbocycles. The van der Waals surface area contributed by atoms with E-state index in [1.807, 2.05) is 13.0 Å². The maximum absolute atomic E-state index is 13.8. The molecule has 3 rings (SSSR count). The summed E-state index contributed by atoms with van der Waals surface area (Å²) in [4.78, 5) is 10.2. The van der Waals surface area contributed by atoms with Crippen molar-refractivity contribution in [2.24, 2.45) is 0 Å². The van der Waals surface area contributed by atoms with E-state index in [4.69, 9.17) is 11.6 Å². The second-order valence-corrected chi connectivity index (χ2v) is 6.65. The fourth-order valence-electron chi connectivity index (χ4n) is 1.83. The molecule has 7 heteroatoms. The van der Waals surface area contributed by atoms with Crippen LogP contribution in [0, 0.1) is 12.7 Å². The molecule has 0 aliphatic heterocycles. The van der Waals surface area contributed by atoms with E-state index in [9.17, 15) is 4.39 Å². The molecule has 0 aliphatic rings. The van der Waals surface area contributed by atoms with Crippen molar-refractivity contribution < 1.29 is 4.39 Å². The molecule has 0 spiro atoms. The fourth-order valence-corrected chi connectivity index (χ4v) is 3.29. The van der Waals surface area contributed by atoms with Crippen LogP contribution in [0.25, 0.3) is 10.2 Å². The van der Waals surface area contributed by atoms with Gasteiger partial charge in [0, 0.05) is 9.35 Å². The van der Waals surface area contributed by atoms with Gasteiger partial charge in [0.2, 0.25) is 5.28 Å². The van der Waals surface area contributed by atoms with Crippen LogP contribution in [-0.4, -0.2) is 9.97 Å². The molecule has 0 saturated carbocycles. The number of hydrogen-bond acceptors (Lipinski definition) is 4. The molecular weight excluding hydrogens is 365 g/mol. The molecule has 1 aromatic carbocycles. The molecule has 2 aromatic heterocycles. The lowest BCUT2D eigenvalue weighted by molar-refractivity contribution is 0.631. The van der Waals surface area contributed by atoms with Gasteiger partial charge in [0.15, 0.2) is 0 Å². The van der Waals surface area contributed by atoms with Gasteiger partial charge in [0.25, 0.3) is 0 Å². The van der Waals surface area contributed by atoms with E-state index in [0.29, 0.717) is 11.5 Å². The number of hydrogen-bond donors (Lipinski definition) is 1. The minimum Gasteiger partial charge on any atom is -0.337 e. The Balaban J connectivity index is 2.12. The minimum atomic E-state index is -0.358. The number of anilines is 2. The first-order valence-corrected chi connectivity index (χ1v) is 7.67. The zero-order chi connectivity index (χ0) is 14.3. The number of fused-ring (bicyclic) bond motifs is 1. The summed E-state index contributed by atoms with van der Waals surface area (Å²) in [6.45, 7) is 1.98. The van der Waals surface area contributed by atoms with Crippen LogP contribution in [0.2, 0.25) is 5.28 Å². The van der Waals surface area contributed by atoms with Crippen LogP contribution < -0.4 is 5.32 Å². The Morgan fingerprint density at radius 2 is 2.10 bits per heavy atom. The van der Waals surface area contributed by atoms with Gasteiger partial charge in [-0.15, -0.1) is 11.3 Å². The molecule has 0 atom stereocenters. The summed E-state index contributed by atoms with van der Waals surface area (Å²) >= 11 is 10.7. The lowest BCUT2D eigenvalue weighted by Crippen LogP contribution is -1.98. The molecule has 3 aromatic rings. The molecule has 1 N–H and O–H groups in total. The quantitative estimate of drug-likeness (QED) is 0.620. The standard InChI is InChI=1S/C13H8BrClFN3S/c1-6-4-8-11(18-13(15)19-12(8)20-6)17-10-5-7(14)2-3-9(10)16/h2-5H,1H3,(H,17,18,19). The zero-order valence-corrected chi connectivity index (χ0v) is 13.4. The Kier molecular flexibility index (Phi) is 3.62. The van der Waals surface area contributed by atoms with E-state index in [-0.39, 0.29) is 11.1 Å². The highest BCUT2D eigenvalue weighted by Crippen LogP contribution is 2.32. The minimum absolute atomic E-state index is 0.136. The molecular formula is C13H8BrClFN3S. The molecule has 20 heavy (non-hydrogen) atoms. The normalized spacial score (nSPS) is 11.0. The van der Waals surface area contributed by atoms with Crippen LogP contribution in [0.4, 0.5) is 15.9 Å². The maximum Gasteiger partial charge on any atom is 0.225 e. The monoisotopic (exact) mass is 371 g/mol. The number of halogens is 3. The topological polar surface area (TPSA) is 37.8 Å². The van der Waals surface area contributed by atoms with Crippen LogP contribution in [0.5, 0.6) is 0 Å². The number of nitrogens with one attached hydrogen (secondary N) is 1. The summed E-state index contributed by atoms with van der Waals surface area (Å²) in [5, 5.41) is 3.94. The smallest absolute Gasteiger partial charge is 0.225 e. The van der Waals surface area contributed by atoms with E-state index >= 15 is 0 Å². The maximum atomic E-state index is 13.8. The largest absolute Gasteiger partial charge is 0.337 e. The molecule has 2 heterocycles. The molecule has 0 radical (unpaired) electrons. The van der Waals surface area contributed by atoms with Crippen LogP contribution >= 0.6 is 38.9 Å². The highest BCUT2D eigenvalue weighted by atomic mass is 79.9. The van der Waals surface area contributed by atoms with Gasteiger partial charge in [-0.1, -0.05) is 15.9 Å². The van der Waals surface area contributed by atoms with Gasteiger partial charge >= 0.3 is 0 Å². The van der Waals surface area contributed by atoms with Gasteiger partial charge in [-0.05, 0) is 42.8 Å². The van der Waals surface area contributed by atoms with Crippen molar-refractivity contribution >= 4 is 60.6 Å². The van der Waals surface area contributed by atoms with Crippen molar-refractivity contribution in [1.82, 2.24) is 9.97 Å². The van der Waals surface area contributed by atoms with E-state index < -0.39 is 0 Å². The summed E-state index contributed by atoms with van der Waals surface area (Å²) in [5.74, 6) is 0.143. The van der Waals surface area contributed by atoms with Crippen molar-refractivity contribution in [1.29, 1.82) is 0 Å². The predicted molar refractivity (Wildman–Crippen MR) is 84.5 cm³/mol. The number of thiophene rings is 1. The van der Waals surface area contributed by atoms with Gasteiger partial charge in [-0.2, -0.15) is 4.98 Å². The molecule has 0 bridgehead atoms. The third-order valence-electron chi connectivity index (χ3n) is 2.67. The van der Waals surface area contributed by atoms with Gasteiger partial charge < -0.3 is 5.32 Å². The Bertz CT molecular complexity index is 806. The first kappa shape index (κ1) is 13.7. The third-order valence-corrected chi connectivity index (χ3v) is 4.28. The summed E-state index contributed by atoms with van der Waals surface area (Å²) in [5.41, 5.74) is 0.333. The zero-order valence-electron chi connectivity index (χ0n) is 10.2. The number of rotatable bonds is 2. The number of aryl methyl sites for hydroxylation is 1. The Morgan fingerprint density at radius 1 is 1.30 bits per heavy atom. The second-order valence-electron chi connectivity index (χ2n) is 4.17. The number of benzene rings is 1. The Labute approximate surface area is 132 Å². The van der Waals surface area contributed by atoms with E-state index in [2.05, 4.69) is 31.2 Å². The van der Waals surface area contributed by atoms with Gasteiger partial charge in [0.05, 0.1) is 11.1 Å². The van der Waals surface area contributed by atoms with Crippen molar-refractivity contribution in [2.75, 3.05) is 5.32 Å². The Hall–Kier alpha value is -1.24. The van der Waals surface area contributed by atoms with Crippen molar-refractivity contribution in [3.8, 4) is 0 Å². The molecule has 102 valence electrons. The van der Waals surface area contributed by atoms with E-state index in [1.165, 1.54) is 17.4 Å². The van der Waals surface area contributed by atoms with E-state index in [1.54, 1.807) is 12.1 Å². The first-order valence-electron chi connectivity index (χ1n) is 5.69. The van der Waals surface area contributed by atoms with Crippen LogP contribution in [0.3, 0.4) is 0 Å². The van der Waals surface area contributed by atoms with Crippen LogP contribution in [-0.2, 0) is 0 Å². The van der Waals surface area contributed by atoms with E-state index in [0.717, 1.165) is 19.6 Å². The second kappa shape index (κ2) is 5.27. The fraction of sp³-hybridized carbons (Fsp3) is 0.0769. The van der Waals surface area contributed by atoms with Crippen LogP contribution in [0.15, 0.2) is 28.7 Å². The number of nitrogens with zero attached hydrogens (tertiary/aromatic N) is 2. The average Bonchev–Trinajstić information content (AvgIpc) is 2.74. The lowest BCUT2D eigenvalue weighted by atomic mass is 10.3. The third kappa shape index (κ3) is 2.63. The summed E-state index contributed by atoms with van der Waals surface area (Å²) in [6.07, 6.45) is 0. The highest BCUT2D eigenvalue weighted by Gasteiger charge is 2.12. The van der Waals surface area contributed by atoms with Gasteiger partial charge in [-0.25, -0.2) is 9.37 Å². The van der Waals surface area contributed by atoms with Crippen molar-refractivity contribution in [2.45, 2.75) is 6.92 Å². The molecule has 3 nitrogen and oxygen atoms in total. The SMILES string of the molecule is Cc1cc2c(Nc3cc(Br)ccc3F)nc(Cl)nc2s1. The van der Waals surface area contributed by atoms with Crippen LogP contribution in [0.1, 0.15) is 4.88 Å². The molecule has 0 fully saturated rings. The molecule has 0 unspecified atom stereocenters. The Morgan fingerprint density at radius 3 is 2.90 bits per heavy atom. The van der Waals surface area contributed by atoms with Gasteiger partial charge in [-0.3, -0.25) is 0 Å². The highest BCUT2D eigenvalue weighted by molar-refractivity contribution is 9.10. The first-order chi connectivity index (χ1) is 9.52. The summed E-state index contributed by atoms with van der Waals surface area (Å²) in [6, 6.07) is 6.62. The molecule has 0 amide bonds.